The summed E-state index contributed by atoms with van der Waals surface area (Å²) in [7, 11) is 3.58. The number of nitrogens with one attached hydrogen (secondary N) is 3. The number of carbonyl (C=O) groups is 1. The molecule has 1 aliphatic heterocycles. The Labute approximate surface area is 424 Å². The number of aliphatic hydroxyl groups is 7. The van der Waals surface area contributed by atoms with Gasteiger partial charge in [-0.15, -0.1) is 0 Å². The standard InChI is InChI=1S/C58H89N3O10/c1-38(45-17-16-39(2)55(68)61-56(24-27-70-6,31-43-12-8-11-42(28-43)29-45)48-14-9-15-49(30-48)60-33-41(4)65)10-7-13-47(36-71-37-50(66)35-64)51-20-22-58(54(51)67)53-44(21-26-62)18-19-46(52(53)40(3)34-63)32-57(58,69)23-25-59-5/h7-8,10-13,16,18-19,28,34,41,44-46,48-51,53-55,59-62,64-69H,1,9,14-15,17,20-27,29-33,35-37H2,2-6H3. The minimum Gasteiger partial charge on any atom is -0.396 e. The number of ether oxygens (including phenoxy) is 2. The molecule has 0 radical (unpaired) electrons. The third-order valence-electron chi connectivity index (χ3n) is 17.3. The highest BCUT2D eigenvalue weighted by molar-refractivity contribution is 5.74. The zero-order valence-electron chi connectivity index (χ0n) is 43.4. The molecule has 4 bridgehead atoms. The van der Waals surface area contributed by atoms with Gasteiger partial charge in [-0.25, -0.2) is 0 Å². The maximum atomic E-state index is 13.0. The van der Waals surface area contributed by atoms with E-state index in [1.54, 1.807) is 7.11 Å². The van der Waals surface area contributed by atoms with Crippen LogP contribution in [0.1, 0.15) is 103 Å². The fourth-order valence-electron chi connectivity index (χ4n) is 13.6. The molecule has 1 heterocycles. The normalized spacial score (nSPS) is 35.2. The summed E-state index contributed by atoms with van der Waals surface area (Å²) in [6, 6.07) is 9.06. The lowest BCUT2D eigenvalue weighted by atomic mass is 9.45. The van der Waals surface area contributed by atoms with Crippen LogP contribution in [0.3, 0.4) is 0 Å². The van der Waals surface area contributed by atoms with Gasteiger partial charge in [0.2, 0.25) is 0 Å². The third-order valence-corrected chi connectivity index (χ3v) is 17.3. The van der Waals surface area contributed by atoms with Gasteiger partial charge in [-0.05, 0) is 163 Å². The molecule has 1 aromatic carbocycles. The van der Waals surface area contributed by atoms with Gasteiger partial charge in [-0.1, -0.05) is 84.9 Å². The lowest BCUT2D eigenvalue weighted by molar-refractivity contribution is -0.194. The molecule has 10 N–H and O–H groups in total. The van der Waals surface area contributed by atoms with Gasteiger partial charge >= 0.3 is 0 Å². The first-order valence-corrected chi connectivity index (χ1v) is 26.6. The van der Waals surface area contributed by atoms with E-state index in [1.165, 1.54) is 11.1 Å². The number of allylic oxidation sites excluding steroid dienone is 9. The van der Waals surface area contributed by atoms with E-state index in [2.05, 4.69) is 65.0 Å². The molecule has 6 rings (SSSR count). The molecule has 3 fully saturated rings. The van der Waals surface area contributed by atoms with Crippen molar-refractivity contribution in [1.82, 2.24) is 16.0 Å². The summed E-state index contributed by atoms with van der Waals surface area (Å²) in [6.45, 7) is 11.3. The van der Waals surface area contributed by atoms with E-state index in [4.69, 9.17) is 9.47 Å². The van der Waals surface area contributed by atoms with Crippen molar-refractivity contribution in [2.75, 3.05) is 60.3 Å². The number of rotatable bonds is 22. The van der Waals surface area contributed by atoms with Crippen molar-refractivity contribution in [1.29, 1.82) is 0 Å². The second kappa shape index (κ2) is 26.4. The van der Waals surface area contributed by atoms with Crippen LogP contribution in [-0.4, -0.2) is 144 Å². The molecule has 396 valence electrons. The minimum atomic E-state index is -1.30. The molecule has 71 heavy (non-hydrogen) atoms. The highest BCUT2D eigenvalue weighted by Crippen LogP contribution is 2.67. The molecule has 13 heteroatoms. The fourth-order valence-corrected chi connectivity index (χ4v) is 13.6. The maximum absolute atomic E-state index is 13.0. The topological polar surface area (TPSA) is 213 Å². The molecule has 14 atom stereocenters. The summed E-state index contributed by atoms with van der Waals surface area (Å²) < 4.78 is 11.8. The Balaban J connectivity index is 1.31. The molecule has 3 saturated carbocycles. The van der Waals surface area contributed by atoms with Crippen LogP contribution in [0.15, 0.2) is 95.2 Å². The quantitative estimate of drug-likeness (QED) is 0.0315. The Bertz CT molecular complexity index is 2070. The van der Waals surface area contributed by atoms with Gasteiger partial charge in [0.05, 0.1) is 37.6 Å². The number of hydrogen-bond donors (Lipinski definition) is 10. The first-order chi connectivity index (χ1) is 34.1. The Morgan fingerprint density at radius 3 is 2.61 bits per heavy atom. The smallest absolute Gasteiger partial charge is 0.145 e. The van der Waals surface area contributed by atoms with E-state index in [1.807, 2.05) is 46.0 Å². The largest absolute Gasteiger partial charge is 0.396 e. The molecule has 0 aromatic heterocycles. The number of aldehydes is 1. The highest BCUT2D eigenvalue weighted by atomic mass is 16.5. The average molecular weight is 988 g/mol. The van der Waals surface area contributed by atoms with Gasteiger partial charge in [0, 0.05) is 55.7 Å². The molecule has 13 nitrogen and oxygen atoms in total. The summed E-state index contributed by atoms with van der Waals surface area (Å²) in [5, 5.41) is 88.9. The lowest BCUT2D eigenvalue weighted by Crippen LogP contribution is -2.65. The van der Waals surface area contributed by atoms with E-state index in [-0.39, 0.29) is 55.5 Å². The van der Waals surface area contributed by atoms with E-state index in [9.17, 15) is 40.5 Å². The second-order valence-electron chi connectivity index (χ2n) is 22.0. The Hall–Kier alpha value is -3.15. The summed E-state index contributed by atoms with van der Waals surface area (Å²) in [6.07, 6.45) is 18.8. The predicted molar refractivity (Wildman–Crippen MR) is 279 cm³/mol. The number of methoxy groups -OCH3 is 1. The van der Waals surface area contributed by atoms with Crippen LogP contribution in [-0.2, 0) is 27.1 Å². The van der Waals surface area contributed by atoms with Gasteiger partial charge in [-0.3, -0.25) is 10.1 Å². The van der Waals surface area contributed by atoms with Crippen LogP contribution in [0.5, 0.6) is 0 Å². The molecular formula is C58H89N3O10. The van der Waals surface area contributed by atoms with Crippen molar-refractivity contribution in [2.24, 2.45) is 40.9 Å². The van der Waals surface area contributed by atoms with Crippen LogP contribution in [0.25, 0.3) is 0 Å². The molecule has 0 saturated heterocycles. The fraction of sp³-hybridized carbons (Fsp3) is 0.672. The molecule has 0 amide bonds. The molecule has 4 aliphatic carbocycles. The summed E-state index contributed by atoms with van der Waals surface area (Å²) in [5.41, 5.74) is 3.66. The van der Waals surface area contributed by atoms with Crippen LogP contribution < -0.4 is 16.0 Å². The van der Waals surface area contributed by atoms with Crippen molar-refractivity contribution in [3.8, 4) is 0 Å². The van der Waals surface area contributed by atoms with Crippen LogP contribution >= 0.6 is 0 Å². The minimum absolute atomic E-state index is 0.0139. The second-order valence-corrected chi connectivity index (χ2v) is 22.0. The molecule has 5 aliphatic rings. The first-order valence-electron chi connectivity index (χ1n) is 26.6. The average Bonchev–Trinajstić information content (AvgIpc) is 3.71. The van der Waals surface area contributed by atoms with Crippen LogP contribution in [0.2, 0.25) is 0 Å². The zero-order valence-corrected chi connectivity index (χ0v) is 43.4. The molecule has 1 aromatic rings. The number of aliphatic hydroxyl groups excluding tert-OH is 6. The summed E-state index contributed by atoms with van der Waals surface area (Å²) in [5.74, 6) is -0.950. The van der Waals surface area contributed by atoms with E-state index >= 15 is 0 Å². The van der Waals surface area contributed by atoms with Gasteiger partial charge in [0.25, 0.3) is 0 Å². The highest BCUT2D eigenvalue weighted by Gasteiger charge is 2.68. The molecule has 14 unspecified atom stereocenters. The predicted octanol–water partition coefficient (Wildman–Crippen LogP) is 5.18. The van der Waals surface area contributed by atoms with Gasteiger partial charge in [-0.2, -0.15) is 0 Å². The summed E-state index contributed by atoms with van der Waals surface area (Å²) in [4.78, 5) is 12.5. The third kappa shape index (κ3) is 13.4. The first kappa shape index (κ1) is 57.1. The number of hydrogen-bond acceptors (Lipinski definition) is 13. The van der Waals surface area contributed by atoms with Crippen molar-refractivity contribution >= 4 is 6.29 Å². The van der Waals surface area contributed by atoms with Crippen LogP contribution in [0, 0.1) is 40.9 Å². The van der Waals surface area contributed by atoms with Gasteiger partial charge in [0.15, 0.2) is 0 Å². The van der Waals surface area contributed by atoms with Gasteiger partial charge in [0.1, 0.15) is 18.6 Å². The Kier molecular flexibility index (Phi) is 21.2. The van der Waals surface area contributed by atoms with Crippen molar-refractivity contribution < 1.29 is 50.0 Å². The van der Waals surface area contributed by atoms with E-state index in [0.717, 1.165) is 67.1 Å². The number of benzene rings is 1. The summed E-state index contributed by atoms with van der Waals surface area (Å²) >= 11 is 0. The van der Waals surface area contributed by atoms with E-state index in [0.29, 0.717) is 70.2 Å². The van der Waals surface area contributed by atoms with E-state index < -0.39 is 53.6 Å². The van der Waals surface area contributed by atoms with Gasteiger partial charge < -0.3 is 55.9 Å². The molecule has 1 spiro atoms. The SMILES string of the molecule is C=C(C=CC=C(COCC(O)CO)C1CCC2(C1O)C1C(=C(C)C=O)C(C=CC1CCO)CC2(O)CCNC)C1CC=C(C)C(O)NC(CCOC)(C2CCCC(NCC(C)O)C2)Cc2cccc(c2)C1. The lowest BCUT2D eigenvalue weighted by Gasteiger charge is -2.61. The van der Waals surface area contributed by atoms with Crippen molar-refractivity contribution in [3.05, 3.63) is 106 Å². The number of carbonyl (C=O) groups excluding carboxylic acids is 1. The van der Waals surface area contributed by atoms with Crippen molar-refractivity contribution in [3.63, 3.8) is 0 Å². The number of fused-ring (bicyclic) bond motifs is 5. The van der Waals surface area contributed by atoms with Crippen LogP contribution in [0.4, 0.5) is 0 Å². The monoisotopic (exact) mass is 988 g/mol. The Morgan fingerprint density at radius 2 is 1.89 bits per heavy atom. The Morgan fingerprint density at radius 1 is 1.10 bits per heavy atom. The molecular weight excluding hydrogens is 899 g/mol. The maximum Gasteiger partial charge on any atom is 0.145 e. The van der Waals surface area contributed by atoms with Crippen molar-refractivity contribution in [2.45, 2.75) is 146 Å². The zero-order chi connectivity index (χ0) is 51.3.